The number of esters is 1. The number of hydrogen-bond acceptors (Lipinski definition) is 6. The van der Waals surface area contributed by atoms with E-state index < -0.39 is 23.5 Å². The maximum atomic E-state index is 14.0. The second kappa shape index (κ2) is 12.4. The van der Waals surface area contributed by atoms with Gasteiger partial charge in [0.1, 0.15) is 11.1 Å². The molecule has 0 aliphatic carbocycles. The average Bonchev–Trinajstić information content (AvgIpc) is 2.99. The lowest BCUT2D eigenvalue weighted by atomic mass is 9.99. The molecule has 2 heterocycles. The van der Waals surface area contributed by atoms with Crippen LogP contribution in [0.3, 0.4) is 0 Å². The summed E-state index contributed by atoms with van der Waals surface area (Å²) in [6, 6.07) is 27.2. The van der Waals surface area contributed by atoms with E-state index in [4.69, 9.17) is 9.57 Å². The summed E-state index contributed by atoms with van der Waals surface area (Å²) in [5, 5.41) is 0.669. The largest absolute Gasteiger partial charge is 0.448 e. The molecule has 2 amide bonds. The fraction of sp³-hybridized carbons (Fsp3) is 0.281. The molecule has 8 heteroatoms. The van der Waals surface area contributed by atoms with Crippen molar-refractivity contribution in [1.29, 1.82) is 0 Å². The fourth-order valence-corrected chi connectivity index (χ4v) is 6.40. The second-order valence-electron chi connectivity index (χ2n) is 9.77. The quantitative estimate of drug-likeness (QED) is 0.176. The van der Waals surface area contributed by atoms with E-state index in [9.17, 15) is 14.4 Å². The molecule has 0 radical (unpaired) electrons. The Morgan fingerprint density at radius 2 is 1.52 bits per heavy atom. The molecule has 0 spiro atoms. The summed E-state index contributed by atoms with van der Waals surface area (Å²) in [5.74, 6) is -0.273. The normalized spacial score (nSPS) is 18.2. The van der Waals surface area contributed by atoms with Gasteiger partial charge in [0.05, 0.1) is 0 Å². The first kappa shape index (κ1) is 27.5. The first-order valence-electron chi connectivity index (χ1n) is 13.5. The van der Waals surface area contributed by atoms with Crippen LogP contribution in [-0.4, -0.2) is 44.9 Å². The minimum atomic E-state index is -0.850. The van der Waals surface area contributed by atoms with Gasteiger partial charge in [0, 0.05) is 12.7 Å². The molecule has 2 atom stereocenters. The summed E-state index contributed by atoms with van der Waals surface area (Å²) >= 11 is 1.54. The van der Waals surface area contributed by atoms with Crippen LogP contribution >= 0.6 is 11.8 Å². The highest BCUT2D eigenvalue weighted by atomic mass is 32.2. The molecule has 1 fully saturated rings. The molecular formula is C32H32N2O5S. The number of unbranched alkanes of at least 4 members (excludes halogenated alkanes) is 1. The molecule has 1 saturated heterocycles. The number of β-lactam (4-membered cyclic amide) rings is 1. The summed E-state index contributed by atoms with van der Waals surface area (Å²) < 4.78 is 6.20. The Labute approximate surface area is 238 Å². The van der Waals surface area contributed by atoms with Gasteiger partial charge >= 0.3 is 5.97 Å². The number of benzene rings is 3. The highest BCUT2D eigenvalue weighted by Crippen LogP contribution is 2.44. The minimum absolute atomic E-state index is 0.290. The van der Waals surface area contributed by atoms with Crippen LogP contribution in [0.25, 0.3) is 0 Å². The summed E-state index contributed by atoms with van der Waals surface area (Å²) in [6.45, 7) is 3.46. The third-order valence-corrected chi connectivity index (χ3v) is 8.31. The first-order chi connectivity index (χ1) is 19.5. The molecule has 5 rings (SSSR count). The van der Waals surface area contributed by atoms with Crippen LogP contribution in [0, 0.1) is 0 Å². The monoisotopic (exact) mass is 556 g/mol. The SMILES string of the molecule is CCCCC1=C(C(=O)OC(c2ccccc2)c2ccccc2)N2C(=O)C(N(Oc3ccccc3)C(C)=O)[C@@H]2SC1. The van der Waals surface area contributed by atoms with Gasteiger partial charge in [0.25, 0.3) is 11.8 Å². The molecule has 206 valence electrons. The number of rotatable bonds is 10. The first-order valence-corrected chi connectivity index (χ1v) is 14.5. The van der Waals surface area contributed by atoms with Crippen LogP contribution in [-0.2, 0) is 19.1 Å². The number of fused-ring (bicyclic) bond motifs is 1. The van der Waals surface area contributed by atoms with Gasteiger partial charge < -0.3 is 9.57 Å². The zero-order valence-electron chi connectivity index (χ0n) is 22.6. The predicted molar refractivity (Wildman–Crippen MR) is 154 cm³/mol. The molecule has 3 aromatic carbocycles. The highest BCUT2D eigenvalue weighted by molar-refractivity contribution is 8.00. The van der Waals surface area contributed by atoms with Crippen LogP contribution in [0.2, 0.25) is 0 Å². The maximum Gasteiger partial charge on any atom is 0.356 e. The minimum Gasteiger partial charge on any atom is -0.448 e. The molecule has 2 aliphatic rings. The van der Waals surface area contributed by atoms with Crippen molar-refractivity contribution in [1.82, 2.24) is 9.96 Å². The van der Waals surface area contributed by atoms with Crippen molar-refractivity contribution in [3.63, 3.8) is 0 Å². The molecule has 40 heavy (non-hydrogen) atoms. The van der Waals surface area contributed by atoms with Crippen molar-refractivity contribution in [2.75, 3.05) is 5.75 Å². The predicted octanol–water partition coefficient (Wildman–Crippen LogP) is 5.89. The van der Waals surface area contributed by atoms with Gasteiger partial charge in [-0.15, -0.1) is 11.8 Å². The molecule has 2 aliphatic heterocycles. The Kier molecular flexibility index (Phi) is 8.55. The van der Waals surface area contributed by atoms with Crippen molar-refractivity contribution in [2.24, 2.45) is 0 Å². The van der Waals surface area contributed by atoms with Gasteiger partial charge in [0.15, 0.2) is 17.9 Å². The number of nitrogens with zero attached hydrogens (tertiary/aromatic N) is 2. The van der Waals surface area contributed by atoms with Crippen molar-refractivity contribution < 1.29 is 24.0 Å². The van der Waals surface area contributed by atoms with E-state index in [1.54, 1.807) is 24.3 Å². The standard InChI is InChI=1S/C32H32N2O5S/c1-3-4-14-25-21-40-31-28(34(22(2)35)39-26-19-12-7-13-20-26)30(36)33(31)27(25)32(37)38-29(23-15-8-5-9-16-23)24-17-10-6-11-18-24/h5-13,15-20,28-29,31H,3-4,14,21H2,1-2H3/t28?,31-/m0/s1. The molecule has 3 aromatic rings. The van der Waals surface area contributed by atoms with Gasteiger partial charge in [-0.25, -0.2) is 4.79 Å². The number of ether oxygens (including phenoxy) is 1. The smallest absolute Gasteiger partial charge is 0.356 e. The van der Waals surface area contributed by atoms with Gasteiger partial charge in [-0.05, 0) is 41.7 Å². The van der Waals surface area contributed by atoms with Crippen LogP contribution < -0.4 is 4.84 Å². The van der Waals surface area contributed by atoms with Crippen molar-refractivity contribution in [3.8, 4) is 5.75 Å². The Morgan fingerprint density at radius 3 is 2.08 bits per heavy atom. The molecule has 7 nitrogen and oxygen atoms in total. The molecule has 0 N–H and O–H groups in total. The third kappa shape index (κ3) is 5.63. The second-order valence-corrected chi connectivity index (χ2v) is 10.9. The maximum absolute atomic E-state index is 14.0. The molecule has 1 unspecified atom stereocenters. The zero-order chi connectivity index (χ0) is 28.1. The summed E-state index contributed by atoms with van der Waals surface area (Å²) in [4.78, 5) is 47.6. The number of amides is 2. The van der Waals surface area contributed by atoms with Gasteiger partial charge in [-0.3, -0.25) is 14.5 Å². The van der Waals surface area contributed by atoms with E-state index in [1.807, 2.05) is 66.7 Å². The number of carbonyl (C=O) groups is 3. The van der Waals surface area contributed by atoms with Gasteiger partial charge in [-0.1, -0.05) is 92.2 Å². The Hall–Kier alpha value is -4.04. The average molecular weight is 557 g/mol. The number of hydroxylamine groups is 2. The molecule has 0 saturated carbocycles. The number of thioether (sulfide) groups is 1. The highest BCUT2D eigenvalue weighted by Gasteiger charge is 2.58. The Bertz CT molecular complexity index is 1340. The number of carbonyl (C=O) groups excluding carboxylic acids is 3. The van der Waals surface area contributed by atoms with Crippen molar-refractivity contribution in [3.05, 3.63) is 113 Å². The summed E-state index contributed by atoms with van der Waals surface area (Å²) in [6.07, 6.45) is 1.90. The van der Waals surface area contributed by atoms with E-state index in [1.165, 1.54) is 23.6 Å². The van der Waals surface area contributed by atoms with E-state index >= 15 is 0 Å². The van der Waals surface area contributed by atoms with E-state index in [-0.39, 0.29) is 11.8 Å². The lowest BCUT2D eigenvalue weighted by molar-refractivity contribution is -0.188. The fourth-order valence-electron chi connectivity index (χ4n) is 4.98. The summed E-state index contributed by atoms with van der Waals surface area (Å²) in [7, 11) is 0. The van der Waals surface area contributed by atoms with Crippen molar-refractivity contribution in [2.45, 2.75) is 50.6 Å². The van der Waals surface area contributed by atoms with Crippen molar-refractivity contribution >= 4 is 29.5 Å². The lowest BCUT2D eigenvalue weighted by Crippen LogP contribution is -2.71. The molecule has 0 aromatic heterocycles. The molecular weight excluding hydrogens is 524 g/mol. The Morgan fingerprint density at radius 1 is 0.950 bits per heavy atom. The Balaban J connectivity index is 1.45. The van der Waals surface area contributed by atoms with E-state index in [2.05, 4.69) is 6.92 Å². The number of hydrogen-bond donors (Lipinski definition) is 0. The lowest BCUT2D eigenvalue weighted by Gasteiger charge is -2.52. The van der Waals surface area contributed by atoms with E-state index in [0.29, 0.717) is 23.6 Å². The third-order valence-electron chi connectivity index (χ3n) is 6.98. The van der Waals surface area contributed by atoms with Crippen LogP contribution in [0.15, 0.2) is 102 Å². The topological polar surface area (TPSA) is 76.2 Å². The summed E-state index contributed by atoms with van der Waals surface area (Å²) in [5.41, 5.74) is 2.86. The van der Waals surface area contributed by atoms with Crippen LogP contribution in [0.5, 0.6) is 5.75 Å². The van der Waals surface area contributed by atoms with Gasteiger partial charge in [0.2, 0.25) is 0 Å². The van der Waals surface area contributed by atoms with E-state index in [0.717, 1.165) is 34.6 Å². The van der Waals surface area contributed by atoms with Gasteiger partial charge in [-0.2, -0.15) is 5.06 Å². The van der Waals surface area contributed by atoms with Crippen LogP contribution in [0.4, 0.5) is 0 Å². The zero-order valence-corrected chi connectivity index (χ0v) is 23.4. The molecule has 0 bridgehead atoms. The van der Waals surface area contributed by atoms with Crippen LogP contribution in [0.1, 0.15) is 50.3 Å². The number of para-hydroxylation sites is 1.